The normalized spacial score (nSPS) is 19.8. The predicted molar refractivity (Wildman–Crippen MR) is 99.2 cm³/mol. The van der Waals surface area contributed by atoms with Gasteiger partial charge in [-0.2, -0.15) is 0 Å². The van der Waals surface area contributed by atoms with E-state index in [1.54, 1.807) is 0 Å². The number of carboxylic acids is 1. The first-order chi connectivity index (χ1) is 11.3. The standard InChI is InChI=1S/C20H37NO3/c1-14(2)12-19(20(23)24)21-18(16(4)22)13-15(3)10-11-17-8-6-5-7-9-17/h14-15,17-19,21-22H,4-13H2,1-3H3,(H,23,24). The Bertz CT molecular complexity index is 388. The Balaban J connectivity index is 2.47. The number of aliphatic hydroxyl groups excluding tert-OH is 1. The van der Waals surface area contributed by atoms with Crippen molar-refractivity contribution in [2.75, 3.05) is 0 Å². The van der Waals surface area contributed by atoms with E-state index in [-0.39, 0.29) is 17.7 Å². The lowest BCUT2D eigenvalue weighted by Crippen LogP contribution is -2.45. The van der Waals surface area contributed by atoms with Gasteiger partial charge in [0.15, 0.2) is 0 Å². The summed E-state index contributed by atoms with van der Waals surface area (Å²) in [5.41, 5.74) is 0. The lowest BCUT2D eigenvalue weighted by Gasteiger charge is -2.27. The van der Waals surface area contributed by atoms with Crippen LogP contribution in [-0.4, -0.2) is 28.3 Å². The average molecular weight is 340 g/mol. The van der Waals surface area contributed by atoms with Gasteiger partial charge in [0, 0.05) is 0 Å². The monoisotopic (exact) mass is 339 g/mol. The van der Waals surface area contributed by atoms with Crippen molar-refractivity contribution >= 4 is 5.97 Å². The summed E-state index contributed by atoms with van der Waals surface area (Å²) in [6.07, 6.45) is 10.5. The highest BCUT2D eigenvalue weighted by molar-refractivity contribution is 5.73. The van der Waals surface area contributed by atoms with Crippen molar-refractivity contribution in [2.24, 2.45) is 17.8 Å². The van der Waals surface area contributed by atoms with Crippen LogP contribution in [0.5, 0.6) is 0 Å². The van der Waals surface area contributed by atoms with Gasteiger partial charge in [0.25, 0.3) is 0 Å². The first kappa shape index (κ1) is 21.0. The van der Waals surface area contributed by atoms with Gasteiger partial charge < -0.3 is 10.2 Å². The second-order valence-corrected chi connectivity index (χ2v) is 8.15. The highest BCUT2D eigenvalue weighted by atomic mass is 16.4. The third kappa shape index (κ3) is 8.18. The number of rotatable bonds is 11. The second kappa shape index (κ2) is 10.8. The van der Waals surface area contributed by atoms with Crippen molar-refractivity contribution in [1.29, 1.82) is 0 Å². The van der Waals surface area contributed by atoms with Crippen LogP contribution < -0.4 is 5.32 Å². The van der Waals surface area contributed by atoms with Gasteiger partial charge in [-0.1, -0.05) is 72.3 Å². The summed E-state index contributed by atoms with van der Waals surface area (Å²) in [6.45, 7) is 9.86. The van der Waals surface area contributed by atoms with Crippen molar-refractivity contribution in [3.8, 4) is 0 Å². The molecule has 0 aliphatic heterocycles. The molecule has 1 saturated carbocycles. The van der Waals surface area contributed by atoms with E-state index >= 15 is 0 Å². The summed E-state index contributed by atoms with van der Waals surface area (Å²) in [5, 5.41) is 22.4. The maximum Gasteiger partial charge on any atom is 0.320 e. The molecule has 3 atom stereocenters. The van der Waals surface area contributed by atoms with Crippen LogP contribution in [0.3, 0.4) is 0 Å². The maximum absolute atomic E-state index is 11.4. The van der Waals surface area contributed by atoms with E-state index in [1.165, 1.54) is 38.5 Å². The first-order valence-electron chi connectivity index (χ1n) is 9.66. The van der Waals surface area contributed by atoms with Gasteiger partial charge in [0.1, 0.15) is 11.8 Å². The van der Waals surface area contributed by atoms with E-state index in [4.69, 9.17) is 0 Å². The molecule has 140 valence electrons. The van der Waals surface area contributed by atoms with Crippen LogP contribution in [0.15, 0.2) is 12.3 Å². The van der Waals surface area contributed by atoms with Crippen LogP contribution in [-0.2, 0) is 4.79 Å². The number of carbonyl (C=O) groups is 1. The lowest BCUT2D eigenvalue weighted by molar-refractivity contribution is -0.140. The molecule has 24 heavy (non-hydrogen) atoms. The summed E-state index contributed by atoms with van der Waals surface area (Å²) in [4.78, 5) is 11.4. The topological polar surface area (TPSA) is 69.6 Å². The Labute approximate surface area is 147 Å². The fraction of sp³-hybridized carbons (Fsp3) is 0.850. The Morgan fingerprint density at radius 3 is 2.21 bits per heavy atom. The average Bonchev–Trinajstić information content (AvgIpc) is 2.51. The van der Waals surface area contributed by atoms with Gasteiger partial charge in [-0.15, -0.1) is 0 Å². The van der Waals surface area contributed by atoms with Crippen molar-refractivity contribution in [3.63, 3.8) is 0 Å². The van der Waals surface area contributed by atoms with Crippen LogP contribution in [0.4, 0.5) is 0 Å². The summed E-state index contributed by atoms with van der Waals surface area (Å²) in [5.74, 6) is 0.786. The Hall–Kier alpha value is -1.03. The predicted octanol–water partition coefficient (Wildman–Crippen LogP) is 4.90. The fourth-order valence-corrected chi connectivity index (χ4v) is 3.77. The van der Waals surface area contributed by atoms with Gasteiger partial charge in [-0.05, 0) is 30.6 Å². The largest absolute Gasteiger partial charge is 0.511 e. The highest BCUT2D eigenvalue weighted by Crippen LogP contribution is 2.29. The third-order valence-corrected chi connectivity index (χ3v) is 5.24. The molecule has 1 rings (SSSR count). The van der Waals surface area contributed by atoms with Crippen molar-refractivity contribution in [2.45, 2.75) is 90.6 Å². The molecule has 0 heterocycles. The van der Waals surface area contributed by atoms with E-state index in [1.807, 2.05) is 13.8 Å². The Morgan fingerprint density at radius 2 is 1.71 bits per heavy atom. The zero-order chi connectivity index (χ0) is 18.1. The fourth-order valence-electron chi connectivity index (χ4n) is 3.77. The van der Waals surface area contributed by atoms with Crippen molar-refractivity contribution in [3.05, 3.63) is 12.3 Å². The molecule has 0 spiro atoms. The summed E-state index contributed by atoms with van der Waals surface area (Å²) >= 11 is 0. The second-order valence-electron chi connectivity index (χ2n) is 8.15. The number of hydrogen-bond acceptors (Lipinski definition) is 3. The number of carboxylic acid groups (broad SMARTS) is 1. The lowest BCUT2D eigenvalue weighted by atomic mass is 9.83. The minimum Gasteiger partial charge on any atom is -0.511 e. The van der Waals surface area contributed by atoms with E-state index in [0.717, 1.165) is 18.8 Å². The molecule has 1 aliphatic carbocycles. The van der Waals surface area contributed by atoms with Crippen LogP contribution in [0.1, 0.15) is 78.6 Å². The van der Waals surface area contributed by atoms with Crippen LogP contribution in [0.2, 0.25) is 0 Å². The van der Waals surface area contributed by atoms with Crippen LogP contribution in [0.25, 0.3) is 0 Å². The smallest absolute Gasteiger partial charge is 0.320 e. The van der Waals surface area contributed by atoms with Crippen LogP contribution >= 0.6 is 0 Å². The van der Waals surface area contributed by atoms with Crippen molar-refractivity contribution in [1.82, 2.24) is 5.32 Å². The Kier molecular flexibility index (Phi) is 9.42. The minimum atomic E-state index is -0.857. The molecule has 0 amide bonds. The number of hydrogen-bond donors (Lipinski definition) is 3. The summed E-state index contributed by atoms with van der Waals surface area (Å²) in [6, 6.07) is -0.976. The van der Waals surface area contributed by atoms with E-state index in [0.29, 0.717) is 12.3 Å². The molecule has 3 N–H and O–H groups in total. The molecule has 0 radical (unpaired) electrons. The molecule has 3 unspecified atom stereocenters. The first-order valence-corrected chi connectivity index (χ1v) is 9.66. The van der Waals surface area contributed by atoms with E-state index in [2.05, 4.69) is 18.8 Å². The Morgan fingerprint density at radius 1 is 1.08 bits per heavy atom. The van der Waals surface area contributed by atoms with Crippen LogP contribution in [0, 0.1) is 17.8 Å². The van der Waals surface area contributed by atoms with Gasteiger partial charge in [-0.25, -0.2) is 0 Å². The maximum atomic E-state index is 11.4. The van der Waals surface area contributed by atoms with Gasteiger partial charge >= 0.3 is 5.97 Å². The molecule has 4 heteroatoms. The van der Waals surface area contributed by atoms with Gasteiger partial charge in [-0.3, -0.25) is 10.1 Å². The van der Waals surface area contributed by atoms with E-state index in [9.17, 15) is 15.0 Å². The molecule has 0 bridgehead atoms. The molecule has 0 saturated heterocycles. The molecule has 1 fully saturated rings. The number of aliphatic carboxylic acids is 1. The number of nitrogens with one attached hydrogen (secondary N) is 1. The third-order valence-electron chi connectivity index (χ3n) is 5.24. The molecule has 0 aromatic carbocycles. The van der Waals surface area contributed by atoms with E-state index < -0.39 is 12.0 Å². The zero-order valence-electron chi connectivity index (χ0n) is 15.8. The number of aliphatic hydroxyl groups is 1. The molecular weight excluding hydrogens is 302 g/mol. The molecular formula is C20H37NO3. The molecule has 1 aliphatic rings. The quantitative estimate of drug-likeness (QED) is 0.468. The van der Waals surface area contributed by atoms with Gasteiger partial charge in [0.05, 0.1) is 6.04 Å². The highest BCUT2D eigenvalue weighted by Gasteiger charge is 2.25. The zero-order valence-corrected chi connectivity index (χ0v) is 15.8. The summed E-state index contributed by atoms with van der Waals surface area (Å²) < 4.78 is 0. The minimum absolute atomic E-state index is 0.0505. The molecule has 0 aromatic heterocycles. The van der Waals surface area contributed by atoms with Gasteiger partial charge in [0.2, 0.25) is 0 Å². The SMILES string of the molecule is C=C(O)C(CC(C)CCC1CCCCC1)NC(CC(C)C)C(=O)O. The van der Waals surface area contributed by atoms with Crippen molar-refractivity contribution < 1.29 is 15.0 Å². The molecule has 0 aromatic rings. The molecule has 4 nitrogen and oxygen atoms in total. The summed E-state index contributed by atoms with van der Waals surface area (Å²) in [7, 11) is 0.